The van der Waals surface area contributed by atoms with E-state index in [0.29, 0.717) is 41.3 Å². The van der Waals surface area contributed by atoms with E-state index in [1.807, 2.05) is 23.6 Å². The molecule has 0 saturated heterocycles. The Morgan fingerprint density at radius 2 is 1.87 bits per heavy atom. The molecule has 3 aromatic rings. The fourth-order valence-corrected chi connectivity index (χ4v) is 5.06. The van der Waals surface area contributed by atoms with Crippen molar-refractivity contribution in [1.82, 2.24) is 4.98 Å². The van der Waals surface area contributed by atoms with Gasteiger partial charge in [-0.25, -0.2) is 9.78 Å². The quantitative estimate of drug-likeness (QED) is 0.213. The van der Waals surface area contributed by atoms with Gasteiger partial charge in [0.05, 0.1) is 29.5 Å². The number of aromatic nitrogens is 1. The number of carboxylic acids is 1. The van der Waals surface area contributed by atoms with Crippen LogP contribution in [0.15, 0.2) is 41.3 Å². The summed E-state index contributed by atoms with van der Waals surface area (Å²) in [6.45, 7) is 6.88. The number of methoxy groups -OCH3 is 1. The van der Waals surface area contributed by atoms with Crippen LogP contribution in [0.2, 0.25) is 10.0 Å². The number of benzene rings is 2. The Morgan fingerprint density at radius 3 is 2.47 bits per heavy atom. The van der Waals surface area contributed by atoms with Crippen molar-refractivity contribution in [2.45, 2.75) is 40.2 Å². The van der Waals surface area contributed by atoms with E-state index in [4.69, 9.17) is 37.8 Å². The second-order valence-corrected chi connectivity index (χ2v) is 10.3. The first-order valence-corrected chi connectivity index (χ1v) is 13.7. The smallest absolute Gasteiger partial charge is 0.331 e. The van der Waals surface area contributed by atoms with Gasteiger partial charge in [0, 0.05) is 39.8 Å². The second kappa shape index (κ2) is 13.8. The molecule has 0 aliphatic carbocycles. The van der Waals surface area contributed by atoms with Crippen LogP contribution in [0.3, 0.4) is 0 Å². The van der Waals surface area contributed by atoms with Crippen molar-refractivity contribution in [2.75, 3.05) is 19.0 Å². The normalized spacial score (nSPS) is 11.6. The average molecular weight is 578 g/mol. The summed E-state index contributed by atoms with van der Waals surface area (Å²) in [5, 5.41) is 14.4. The first-order valence-electron chi connectivity index (χ1n) is 12.1. The molecule has 3 rings (SSSR count). The first kappa shape index (κ1) is 29.6. The number of aliphatic carboxylic acids is 1. The van der Waals surface area contributed by atoms with Gasteiger partial charge in [-0.3, -0.25) is 10.1 Å². The van der Waals surface area contributed by atoms with Crippen LogP contribution >= 0.6 is 34.5 Å². The summed E-state index contributed by atoms with van der Waals surface area (Å²) in [4.78, 5) is 28.6. The molecule has 0 aliphatic rings. The highest BCUT2D eigenvalue weighted by Gasteiger charge is 2.17. The van der Waals surface area contributed by atoms with Crippen LogP contribution in [0.5, 0.6) is 5.75 Å². The molecule has 2 aromatic carbocycles. The van der Waals surface area contributed by atoms with E-state index in [-0.39, 0.29) is 21.2 Å². The molecule has 0 aliphatic heterocycles. The van der Waals surface area contributed by atoms with E-state index >= 15 is 0 Å². The van der Waals surface area contributed by atoms with Crippen LogP contribution in [-0.2, 0) is 16.1 Å². The molecule has 10 heteroatoms. The molecule has 1 amide bonds. The fraction of sp³-hybridized carbons (Fsp3) is 0.321. The molecule has 38 heavy (non-hydrogen) atoms. The number of ether oxygens (including phenoxy) is 2. The Labute approximate surface area is 236 Å². The van der Waals surface area contributed by atoms with Gasteiger partial charge in [-0.2, -0.15) is 0 Å². The van der Waals surface area contributed by atoms with Crippen molar-refractivity contribution in [1.29, 1.82) is 0 Å². The highest BCUT2D eigenvalue weighted by atomic mass is 35.5. The van der Waals surface area contributed by atoms with Crippen molar-refractivity contribution in [2.24, 2.45) is 5.92 Å². The SMILES string of the molecule is CCC(CC)COCc1cccc(-c2csc(NC(=O)c3cc(Cl)c(/C=C(\C)C(=O)O)c(Cl)c3)n2)c1OC. The van der Waals surface area contributed by atoms with E-state index in [1.165, 1.54) is 36.5 Å². The number of halogens is 2. The third-order valence-corrected chi connectivity index (χ3v) is 7.49. The number of carboxylic acid groups (broad SMARTS) is 1. The summed E-state index contributed by atoms with van der Waals surface area (Å²) in [5.74, 6) is -0.329. The third kappa shape index (κ3) is 7.35. The molecule has 0 bridgehead atoms. The van der Waals surface area contributed by atoms with E-state index in [2.05, 4.69) is 24.1 Å². The lowest BCUT2D eigenvalue weighted by atomic mass is 10.1. The molecule has 0 radical (unpaired) electrons. The summed E-state index contributed by atoms with van der Waals surface area (Å²) < 4.78 is 11.7. The summed E-state index contributed by atoms with van der Waals surface area (Å²) >= 11 is 13.9. The number of rotatable bonds is 12. The van der Waals surface area contributed by atoms with E-state index in [0.717, 1.165) is 24.0 Å². The molecular formula is C28H30Cl2N2O5S. The van der Waals surface area contributed by atoms with Crippen LogP contribution in [-0.4, -0.2) is 35.7 Å². The molecule has 0 saturated carbocycles. The van der Waals surface area contributed by atoms with Gasteiger partial charge in [-0.1, -0.05) is 62.0 Å². The number of nitrogens with one attached hydrogen (secondary N) is 1. The number of nitrogens with zero attached hydrogens (tertiary/aromatic N) is 1. The number of hydrogen-bond donors (Lipinski definition) is 2. The van der Waals surface area contributed by atoms with Crippen LogP contribution in [0.1, 0.15) is 55.1 Å². The molecule has 1 aromatic heterocycles. The van der Waals surface area contributed by atoms with E-state index in [9.17, 15) is 9.59 Å². The predicted octanol–water partition coefficient (Wildman–Crippen LogP) is 7.82. The molecule has 7 nitrogen and oxygen atoms in total. The van der Waals surface area contributed by atoms with E-state index in [1.54, 1.807) is 7.11 Å². The topological polar surface area (TPSA) is 97.8 Å². The maximum absolute atomic E-state index is 12.9. The highest BCUT2D eigenvalue weighted by molar-refractivity contribution is 7.14. The molecular weight excluding hydrogens is 547 g/mol. The van der Waals surface area contributed by atoms with Crippen molar-refractivity contribution < 1.29 is 24.2 Å². The Bertz CT molecular complexity index is 1310. The Hall–Kier alpha value is -2.91. The molecule has 0 atom stereocenters. The average Bonchev–Trinajstić information content (AvgIpc) is 3.36. The Morgan fingerprint density at radius 1 is 1.18 bits per heavy atom. The number of anilines is 1. The van der Waals surface area contributed by atoms with Gasteiger partial charge in [0.25, 0.3) is 5.91 Å². The maximum atomic E-state index is 12.9. The minimum absolute atomic E-state index is 0.0680. The van der Waals surface area contributed by atoms with Gasteiger partial charge >= 0.3 is 5.97 Å². The lowest BCUT2D eigenvalue weighted by Gasteiger charge is -2.15. The van der Waals surface area contributed by atoms with Gasteiger partial charge in [-0.15, -0.1) is 11.3 Å². The fourth-order valence-electron chi connectivity index (χ4n) is 3.76. The van der Waals surface area contributed by atoms with Gasteiger partial charge in [0.15, 0.2) is 5.13 Å². The van der Waals surface area contributed by atoms with Crippen molar-refractivity contribution >= 4 is 57.6 Å². The summed E-state index contributed by atoms with van der Waals surface area (Å²) in [6, 6.07) is 8.68. The minimum Gasteiger partial charge on any atom is -0.496 e. The number of hydrogen-bond acceptors (Lipinski definition) is 6. The lowest BCUT2D eigenvalue weighted by Crippen LogP contribution is -2.12. The van der Waals surface area contributed by atoms with Crippen LogP contribution in [0.4, 0.5) is 5.13 Å². The largest absolute Gasteiger partial charge is 0.496 e. The van der Waals surface area contributed by atoms with Gasteiger partial charge in [0.1, 0.15) is 5.75 Å². The monoisotopic (exact) mass is 576 g/mol. The maximum Gasteiger partial charge on any atom is 0.331 e. The number of carbonyl (C=O) groups is 2. The number of carbonyl (C=O) groups excluding carboxylic acids is 1. The first-order chi connectivity index (χ1) is 18.2. The van der Waals surface area contributed by atoms with Crippen LogP contribution < -0.4 is 10.1 Å². The molecule has 2 N–H and O–H groups in total. The molecule has 0 fully saturated rings. The minimum atomic E-state index is -1.09. The molecule has 1 heterocycles. The third-order valence-electron chi connectivity index (χ3n) is 6.11. The number of amides is 1. The molecule has 202 valence electrons. The Kier molecular flexibility index (Phi) is 10.7. The lowest BCUT2D eigenvalue weighted by molar-refractivity contribution is -0.132. The number of thiazole rings is 1. The van der Waals surface area contributed by atoms with Gasteiger partial charge < -0.3 is 14.6 Å². The zero-order valence-electron chi connectivity index (χ0n) is 21.6. The van der Waals surface area contributed by atoms with Crippen LogP contribution in [0, 0.1) is 5.92 Å². The zero-order chi connectivity index (χ0) is 27.8. The molecule has 0 spiro atoms. The van der Waals surface area contributed by atoms with Crippen molar-refractivity contribution in [3.63, 3.8) is 0 Å². The van der Waals surface area contributed by atoms with Crippen molar-refractivity contribution in [3.8, 4) is 17.0 Å². The standard InChI is InChI=1S/C28H30Cl2N2O5S/c1-5-17(6-2)13-37-14-18-8-7-9-20(25(18)36-4)24-15-38-28(31-24)32-26(33)19-11-22(29)21(23(30)12-19)10-16(3)27(34)35/h7-12,15,17H,5-6,13-14H2,1-4H3,(H,34,35)(H,31,32,33)/b16-10+. The zero-order valence-corrected chi connectivity index (χ0v) is 24.0. The molecule has 0 unspecified atom stereocenters. The van der Waals surface area contributed by atoms with Gasteiger partial charge in [0.2, 0.25) is 0 Å². The van der Waals surface area contributed by atoms with E-state index < -0.39 is 11.9 Å². The number of para-hydroxylation sites is 1. The summed E-state index contributed by atoms with van der Waals surface area (Å²) in [5.41, 5.74) is 2.99. The van der Waals surface area contributed by atoms with Crippen molar-refractivity contribution in [3.05, 3.63) is 68.0 Å². The van der Waals surface area contributed by atoms with Crippen LogP contribution in [0.25, 0.3) is 17.3 Å². The second-order valence-electron chi connectivity index (χ2n) is 8.67. The Balaban J connectivity index is 1.77. The highest BCUT2D eigenvalue weighted by Crippen LogP contribution is 2.36. The predicted molar refractivity (Wildman–Crippen MR) is 154 cm³/mol. The van der Waals surface area contributed by atoms with Gasteiger partial charge in [-0.05, 0) is 37.1 Å². The summed E-state index contributed by atoms with van der Waals surface area (Å²) in [7, 11) is 1.61. The summed E-state index contributed by atoms with van der Waals surface area (Å²) in [6.07, 6.45) is 3.51.